The van der Waals surface area contributed by atoms with Crippen LogP contribution >= 0.6 is 23.2 Å². The van der Waals surface area contributed by atoms with Crippen molar-refractivity contribution in [3.8, 4) is 0 Å². The standard InChI is InChI=1S/C26H21Cl2F3N4O4S/c1-2-39-25(36)16-4-8-23(20(27)10-16)40(37,38)34(24-21(28)11-18(13-32-24)26(29,30)31)14-15-3-7-22-17(9-15)12-33-35(22)19-5-6-19/h3-4,7-13,19H,2,5-6,14H2,1H3. The monoisotopic (exact) mass is 612 g/mol. The van der Waals surface area contributed by atoms with Gasteiger partial charge >= 0.3 is 12.1 Å². The summed E-state index contributed by atoms with van der Waals surface area (Å²) >= 11 is 12.5. The summed E-state index contributed by atoms with van der Waals surface area (Å²) in [4.78, 5) is 15.5. The zero-order valence-electron chi connectivity index (χ0n) is 20.8. The maximum absolute atomic E-state index is 14.0. The van der Waals surface area contributed by atoms with E-state index in [2.05, 4.69) is 10.1 Å². The van der Waals surface area contributed by atoms with Crippen molar-refractivity contribution in [1.82, 2.24) is 14.8 Å². The number of ether oxygens (including phenoxy) is 1. The molecule has 0 atom stereocenters. The lowest BCUT2D eigenvalue weighted by atomic mass is 10.1. The van der Waals surface area contributed by atoms with Crippen LogP contribution in [0.25, 0.3) is 10.9 Å². The van der Waals surface area contributed by atoms with Crippen LogP contribution < -0.4 is 4.31 Å². The number of carbonyl (C=O) groups is 1. The first-order chi connectivity index (χ1) is 18.9. The fourth-order valence-electron chi connectivity index (χ4n) is 4.19. The molecule has 0 bridgehead atoms. The zero-order valence-corrected chi connectivity index (χ0v) is 23.2. The van der Waals surface area contributed by atoms with Gasteiger partial charge in [-0.2, -0.15) is 18.3 Å². The number of sulfonamides is 1. The lowest BCUT2D eigenvalue weighted by Crippen LogP contribution is -2.32. The van der Waals surface area contributed by atoms with Crippen molar-refractivity contribution in [2.45, 2.75) is 43.4 Å². The fourth-order valence-corrected chi connectivity index (χ4v) is 6.46. The van der Waals surface area contributed by atoms with Crippen molar-refractivity contribution in [2.75, 3.05) is 10.9 Å². The van der Waals surface area contributed by atoms with Gasteiger partial charge in [-0.1, -0.05) is 29.3 Å². The Balaban J connectivity index is 1.58. The average Bonchev–Trinajstić information content (AvgIpc) is 3.65. The minimum Gasteiger partial charge on any atom is -0.462 e. The minimum absolute atomic E-state index is 0.0289. The Hall–Kier alpha value is -3.35. The number of esters is 1. The Kier molecular flexibility index (Phi) is 7.45. The van der Waals surface area contributed by atoms with Crippen molar-refractivity contribution in [2.24, 2.45) is 0 Å². The molecule has 0 aliphatic heterocycles. The molecule has 2 aromatic heterocycles. The first-order valence-electron chi connectivity index (χ1n) is 12.1. The summed E-state index contributed by atoms with van der Waals surface area (Å²) in [6, 6.07) is 9.69. The lowest BCUT2D eigenvalue weighted by molar-refractivity contribution is -0.137. The summed E-state index contributed by atoms with van der Waals surface area (Å²) in [5.74, 6) is -1.12. The molecule has 5 rings (SSSR count). The Morgan fingerprint density at radius 3 is 2.48 bits per heavy atom. The van der Waals surface area contributed by atoms with E-state index in [4.69, 9.17) is 27.9 Å². The number of halogens is 5. The fraction of sp³-hybridized carbons (Fsp3) is 0.269. The number of alkyl halides is 3. The minimum atomic E-state index is -4.74. The Morgan fingerprint density at radius 2 is 1.85 bits per heavy atom. The quantitative estimate of drug-likeness (QED) is 0.206. The molecular formula is C26H21Cl2F3N4O4S. The van der Waals surface area contributed by atoms with Crippen LogP contribution in [0.3, 0.4) is 0 Å². The highest BCUT2D eigenvalue weighted by atomic mass is 35.5. The van der Waals surface area contributed by atoms with Crippen LogP contribution in [0.15, 0.2) is 59.8 Å². The number of anilines is 1. The highest BCUT2D eigenvalue weighted by Gasteiger charge is 2.35. The summed E-state index contributed by atoms with van der Waals surface area (Å²) in [7, 11) is -4.56. The number of carbonyl (C=O) groups excluding carboxylic acids is 1. The topological polar surface area (TPSA) is 94.4 Å². The van der Waals surface area contributed by atoms with E-state index in [9.17, 15) is 26.4 Å². The normalized spacial score (nSPS) is 13.9. The molecule has 0 spiro atoms. The predicted molar refractivity (Wildman–Crippen MR) is 143 cm³/mol. The van der Waals surface area contributed by atoms with Crippen LogP contribution in [-0.2, 0) is 27.5 Å². The second-order valence-electron chi connectivity index (χ2n) is 9.12. The summed E-state index contributed by atoms with van der Waals surface area (Å²) in [6.45, 7) is 1.39. The van der Waals surface area contributed by atoms with Crippen LogP contribution in [0.1, 0.15) is 47.3 Å². The van der Waals surface area contributed by atoms with Crippen LogP contribution in [0.4, 0.5) is 19.0 Å². The van der Waals surface area contributed by atoms with Gasteiger partial charge in [0.2, 0.25) is 0 Å². The van der Waals surface area contributed by atoms with Gasteiger partial charge < -0.3 is 4.74 Å². The Labute approximate surface area is 237 Å². The summed E-state index contributed by atoms with van der Waals surface area (Å²) < 4.78 is 75.4. The third-order valence-corrected chi connectivity index (χ3v) is 8.77. The smallest absolute Gasteiger partial charge is 0.417 e. The molecule has 210 valence electrons. The molecule has 1 aliphatic carbocycles. The molecule has 4 aromatic rings. The van der Waals surface area contributed by atoms with E-state index < -0.39 is 43.5 Å². The molecule has 2 heterocycles. The Morgan fingerprint density at radius 1 is 1.10 bits per heavy atom. The molecule has 14 heteroatoms. The van der Waals surface area contributed by atoms with Gasteiger partial charge in [-0.05, 0) is 61.7 Å². The van der Waals surface area contributed by atoms with Gasteiger partial charge in [0.1, 0.15) is 4.90 Å². The maximum Gasteiger partial charge on any atom is 0.417 e. The third kappa shape index (κ3) is 5.48. The molecule has 1 fully saturated rings. The number of benzene rings is 2. The van der Waals surface area contributed by atoms with Crippen molar-refractivity contribution >= 4 is 55.9 Å². The van der Waals surface area contributed by atoms with E-state index in [0.29, 0.717) is 23.9 Å². The van der Waals surface area contributed by atoms with Gasteiger partial charge in [-0.3, -0.25) is 4.68 Å². The second-order valence-corrected chi connectivity index (χ2v) is 11.8. The molecule has 40 heavy (non-hydrogen) atoms. The Bertz CT molecular complexity index is 1720. The zero-order chi connectivity index (χ0) is 28.8. The van der Waals surface area contributed by atoms with Gasteiger partial charge in [0, 0.05) is 11.6 Å². The molecule has 0 saturated heterocycles. The molecule has 2 aromatic carbocycles. The van der Waals surface area contributed by atoms with Crippen molar-refractivity contribution in [3.05, 3.63) is 81.6 Å². The molecule has 0 radical (unpaired) electrons. The van der Waals surface area contributed by atoms with E-state index in [1.807, 2.05) is 10.7 Å². The van der Waals surface area contributed by atoms with E-state index in [1.54, 1.807) is 25.3 Å². The summed E-state index contributed by atoms with van der Waals surface area (Å²) in [6.07, 6.45) is -0.503. The lowest BCUT2D eigenvalue weighted by Gasteiger charge is -2.25. The number of aromatic nitrogens is 3. The van der Waals surface area contributed by atoms with Crippen molar-refractivity contribution in [1.29, 1.82) is 0 Å². The highest BCUT2D eigenvalue weighted by molar-refractivity contribution is 7.93. The molecule has 0 unspecified atom stereocenters. The van der Waals surface area contributed by atoms with Gasteiger partial charge in [0.15, 0.2) is 5.82 Å². The molecule has 0 N–H and O–H groups in total. The van der Waals surface area contributed by atoms with Crippen molar-refractivity contribution in [3.63, 3.8) is 0 Å². The van der Waals surface area contributed by atoms with E-state index in [0.717, 1.165) is 40.2 Å². The van der Waals surface area contributed by atoms with Gasteiger partial charge in [0.25, 0.3) is 10.0 Å². The number of hydrogen-bond donors (Lipinski definition) is 0. The molecule has 1 saturated carbocycles. The molecule has 1 aliphatic rings. The van der Waals surface area contributed by atoms with Crippen LogP contribution in [0.5, 0.6) is 0 Å². The molecular weight excluding hydrogens is 592 g/mol. The van der Waals surface area contributed by atoms with Crippen LogP contribution in [0.2, 0.25) is 10.0 Å². The number of nitrogens with zero attached hydrogens (tertiary/aromatic N) is 4. The largest absolute Gasteiger partial charge is 0.462 e. The molecule has 8 nitrogen and oxygen atoms in total. The van der Waals surface area contributed by atoms with Gasteiger partial charge in [-0.15, -0.1) is 0 Å². The predicted octanol–water partition coefficient (Wildman–Crippen LogP) is 6.66. The third-order valence-electron chi connectivity index (χ3n) is 6.28. The number of rotatable bonds is 8. The van der Waals surface area contributed by atoms with E-state index >= 15 is 0 Å². The summed E-state index contributed by atoms with van der Waals surface area (Å²) in [5, 5.41) is 4.36. The average molecular weight is 613 g/mol. The van der Waals surface area contributed by atoms with E-state index in [-0.39, 0.29) is 23.7 Å². The van der Waals surface area contributed by atoms with E-state index in [1.165, 1.54) is 6.07 Å². The SMILES string of the molecule is CCOC(=O)c1ccc(S(=O)(=O)N(Cc2ccc3c(cnn3C3CC3)c2)c2ncc(C(F)(F)F)cc2Cl)c(Cl)c1. The van der Waals surface area contributed by atoms with Gasteiger partial charge in [-0.25, -0.2) is 22.5 Å². The van der Waals surface area contributed by atoms with Gasteiger partial charge in [0.05, 0.1) is 52.1 Å². The van der Waals surface area contributed by atoms with Crippen LogP contribution in [-0.4, -0.2) is 35.8 Å². The second kappa shape index (κ2) is 10.6. The summed E-state index contributed by atoms with van der Waals surface area (Å²) in [5.41, 5.74) is 0.276. The maximum atomic E-state index is 14.0. The van der Waals surface area contributed by atoms with Crippen molar-refractivity contribution < 1.29 is 31.1 Å². The molecule has 0 amide bonds. The van der Waals surface area contributed by atoms with Crippen LogP contribution in [0, 0.1) is 0 Å². The number of hydrogen-bond acceptors (Lipinski definition) is 6. The number of pyridine rings is 1. The first-order valence-corrected chi connectivity index (χ1v) is 14.3. The number of fused-ring (bicyclic) bond motifs is 1. The highest BCUT2D eigenvalue weighted by Crippen LogP contribution is 2.39. The first kappa shape index (κ1) is 28.2.